The number of hydrogen-bond acceptors (Lipinski definition) is 4. The second kappa shape index (κ2) is 7.95. The number of aromatic nitrogens is 3. The molecule has 7 heteroatoms. The Bertz CT molecular complexity index is 1210. The van der Waals surface area contributed by atoms with Crippen molar-refractivity contribution in [3.63, 3.8) is 0 Å². The summed E-state index contributed by atoms with van der Waals surface area (Å²) in [4.78, 5) is 24.7. The smallest absolute Gasteiger partial charge is 0.224 e. The molecule has 2 heterocycles. The maximum absolute atomic E-state index is 12.4. The molecule has 2 N–H and O–H groups in total. The summed E-state index contributed by atoms with van der Waals surface area (Å²) < 4.78 is 5.76. The lowest BCUT2D eigenvalue weighted by molar-refractivity contribution is -0.116. The van der Waals surface area contributed by atoms with Crippen LogP contribution in [0.4, 0.5) is 5.69 Å². The van der Waals surface area contributed by atoms with Gasteiger partial charge in [-0.15, -0.1) is 0 Å². The van der Waals surface area contributed by atoms with Crippen LogP contribution < -0.4 is 5.32 Å². The summed E-state index contributed by atoms with van der Waals surface area (Å²) in [5.41, 5.74) is 3.42. The van der Waals surface area contributed by atoms with E-state index in [0.717, 1.165) is 28.1 Å². The van der Waals surface area contributed by atoms with E-state index in [0.29, 0.717) is 29.0 Å². The highest BCUT2D eigenvalue weighted by Crippen LogP contribution is 2.35. The second-order valence-corrected chi connectivity index (χ2v) is 8.04. The normalized spacial score (nSPS) is 14.0. The number of carbonyl (C=O) groups is 1. The standard InChI is InChI=1S/C23H21ClN4O2/c24-17-7-2-1-6-16(17)20-13-25-22(30-20)11-10-21(29)26-15-8-9-18-19(12-15)28-23(27-18)14-4-3-5-14/h1-2,6-9,12-14H,3-5,10-11H2,(H,26,29)(H,27,28). The number of rotatable bonds is 6. The molecule has 2 aromatic carbocycles. The number of anilines is 1. The lowest BCUT2D eigenvalue weighted by atomic mass is 9.85. The molecule has 6 nitrogen and oxygen atoms in total. The molecule has 4 aromatic rings. The lowest BCUT2D eigenvalue weighted by Gasteiger charge is -2.22. The van der Waals surface area contributed by atoms with Crippen LogP contribution in [0.2, 0.25) is 5.02 Å². The Kier molecular flexibility index (Phi) is 5.01. The van der Waals surface area contributed by atoms with Gasteiger partial charge in [0.05, 0.1) is 22.3 Å². The number of H-pyrrole nitrogens is 1. The fourth-order valence-corrected chi connectivity index (χ4v) is 3.87. The highest BCUT2D eigenvalue weighted by atomic mass is 35.5. The Labute approximate surface area is 178 Å². The first kappa shape index (κ1) is 18.9. The van der Waals surface area contributed by atoms with Crippen LogP contribution in [0.3, 0.4) is 0 Å². The first-order valence-corrected chi connectivity index (χ1v) is 10.5. The van der Waals surface area contributed by atoms with Crippen molar-refractivity contribution in [3.8, 4) is 11.3 Å². The summed E-state index contributed by atoms with van der Waals surface area (Å²) in [6, 6.07) is 13.2. The molecule has 0 radical (unpaired) electrons. The van der Waals surface area contributed by atoms with Gasteiger partial charge in [-0.3, -0.25) is 4.79 Å². The van der Waals surface area contributed by atoms with E-state index < -0.39 is 0 Å². The summed E-state index contributed by atoms with van der Waals surface area (Å²) in [5, 5.41) is 3.55. The zero-order chi connectivity index (χ0) is 20.5. The van der Waals surface area contributed by atoms with Crippen LogP contribution in [-0.2, 0) is 11.2 Å². The van der Waals surface area contributed by atoms with Crippen LogP contribution >= 0.6 is 11.6 Å². The minimum Gasteiger partial charge on any atom is -0.441 e. The number of imidazole rings is 1. The average molecular weight is 421 g/mol. The second-order valence-electron chi connectivity index (χ2n) is 7.63. The number of aryl methyl sites for hydroxylation is 1. The van der Waals surface area contributed by atoms with E-state index in [4.69, 9.17) is 16.0 Å². The number of amides is 1. The molecule has 0 unspecified atom stereocenters. The van der Waals surface area contributed by atoms with Crippen molar-refractivity contribution in [1.82, 2.24) is 15.0 Å². The molecular formula is C23H21ClN4O2. The van der Waals surface area contributed by atoms with E-state index in [1.807, 2.05) is 36.4 Å². The zero-order valence-electron chi connectivity index (χ0n) is 16.3. The Hall–Kier alpha value is -3.12. The summed E-state index contributed by atoms with van der Waals surface area (Å²) in [6.45, 7) is 0. The van der Waals surface area contributed by atoms with Gasteiger partial charge in [0.25, 0.3) is 0 Å². The van der Waals surface area contributed by atoms with Crippen molar-refractivity contribution < 1.29 is 9.21 Å². The summed E-state index contributed by atoms with van der Waals surface area (Å²) in [6.07, 6.45) is 5.99. The van der Waals surface area contributed by atoms with E-state index in [9.17, 15) is 4.79 Å². The number of hydrogen-bond donors (Lipinski definition) is 2. The van der Waals surface area contributed by atoms with Gasteiger partial charge < -0.3 is 14.7 Å². The monoisotopic (exact) mass is 420 g/mol. The largest absolute Gasteiger partial charge is 0.441 e. The lowest BCUT2D eigenvalue weighted by Crippen LogP contribution is -2.12. The first-order valence-electron chi connectivity index (χ1n) is 10.1. The Morgan fingerprint density at radius 1 is 1.23 bits per heavy atom. The van der Waals surface area contributed by atoms with E-state index in [2.05, 4.69) is 20.3 Å². The molecule has 152 valence electrons. The minimum absolute atomic E-state index is 0.0921. The number of nitrogens with zero attached hydrogens (tertiary/aromatic N) is 2. The molecule has 2 aromatic heterocycles. The molecule has 0 aliphatic heterocycles. The van der Waals surface area contributed by atoms with E-state index in [-0.39, 0.29) is 12.3 Å². The summed E-state index contributed by atoms with van der Waals surface area (Å²) >= 11 is 6.20. The van der Waals surface area contributed by atoms with Crippen LogP contribution in [0.1, 0.15) is 43.3 Å². The fraction of sp³-hybridized carbons (Fsp3) is 0.261. The summed E-state index contributed by atoms with van der Waals surface area (Å²) in [5.74, 6) is 2.62. The number of carbonyl (C=O) groups excluding carboxylic acids is 1. The quantitative estimate of drug-likeness (QED) is 0.418. The van der Waals surface area contributed by atoms with Gasteiger partial charge in [-0.25, -0.2) is 9.97 Å². The SMILES string of the molecule is O=C(CCc1ncc(-c2ccccc2Cl)o1)Nc1ccc2nc(C3CCC3)[nH]c2c1. The molecule has 1 aliphatic rings. The number of benzene rings is 2. The number of oxazole rings is 1. The van der Waals surface area contributed by atoms with Gasteiger partial charge in [0.15, 0.2) is 11.7 Å². The molecular weight excluding hydrogens is 400 g/mol. The van der Waals surface area contributed by atoms with Crippen molar-refractivity contribution in [2.75, 3.05) is 5.32 Å². The van der Waals surface area contributed by atoms with Gasteiger partial charge in [-0.2, -0.15) is 0 Å². The van der Waals surface area contributed by atoms with Gasteiger partial charge in [0.2, 0.25) is 5.91 Å². The molecule has 1 amide bonds. The van der Waals surface area contributed by atoms with Crippen LogP contribution in [0.5, 0.6) is 0 Å². The highest BCUT2D eigenvalue weighted by Gasteiger charge is 2.22. The zero-order valence-corrected chi connectivity index (χ0v) is 17.1. The number of nitrogens with one attached hydrogen (secondary N) is 2. The third-order valence-electron chi connectivity index (χ3n) is 5.53. The molecule has 0 bridgehead atoms. The number of aromatic amines is 1. The van der Waals surface area contributed by atoms with E-state index >= 15 is 0 Å². The molecule has 30 heavy (non-hydrogen) atoms. The fourth-order valence-electron chi connectivity index (χ4n) is 3.64. The average Bonchev–Trinajstić information content (AvgIpc) is 3.32. The third-order valence-corrected chi connectivity index (χ3v) is 5.86. The Balaban J connectivity index is 1.21. The Morgan fingerprint density at radius 2 is 2.10 bits per heavy atom. The van der Waals surface area contributed by atoms with Crippen molar-refractivity contribution in [3.05, 3.63) is 65.4 Å². The van der Waals surface area contributed by atoms with Crippen LogP contribution in [0.15, 0.2) is 53.1 Å². The molecule has 1 saturated carbocycles. The van der Waals surface area contributed by atoms with E-state index in [1.54, 1.807) is 12.3 Å². The maximum atomic E-state index is 12.4. The first-order chi connectivity index (χ1) is 14.7. The Morgan fingerprint density at radius 3 is 2.90 bits per heavy atom. The van der Waals surface area contributed by atoms with Gasteiger partial charge in [-0.05, 0) is 43.2 Å². The van der Waals surface area contributed by atoms with Gasteiger partial charge >= 0.3 is 0 Å². The maximum Gasteiger partial charge on any atom is 0.224 e. The number of fused-ring (bicyclic) bond motifs is 1. The predicted octanol–water partition coefficient (Wildman–Crippen LogP) is 5.71. The topological polar surface area (TPSA) is 83.8 Å². The van der Waals surface area contributed by atoms with Gasteiger partial charge in [0.1, 0.15) is 5.82 Å². The minimum atomic E-state index is -0.0921. The van der Waals surface area contributed by atoms with Gasteiger partial charge in [0, 0.05) is 30.0 Å². The van der Waals surface area contributed by atoms with Crippen molar-refractivity contribution in [1.29, 1.82) is 0 Å². The molecule has 0 spiro atoms. The summed E-state index contributed by atoms with van der Waals surface area (Å²) in [7, 11) is 0. The van der Waals surface area contributed by atoms with Crippen LogP contribution in [0.25, 0.3) is 22.4 Å². The van der Waals surface area contributed by atoms with Crippen LogP contribution in [-0.4, -0.2) is 20.9 Å². The molecule has 0 atom stereocenters. The van der Waals surface area contributed by atoms with Crippen LogP contribution in [0, 0.1) is 0 Å². The predicted molar refractivity (Wildman–Crippen MR) is 117 cm³/mol. The highest BCUT2D eigenvalue weighted by molar-refractivity contribution is 6.33. The molecule has 0 saturated heterocycles. The van der Waals surface area contributed by atoms with Crippen molar-refractivity contribution in [2.45, 2.75) is 38.0 Å². The van der Waals surface area contributed by atoms with E-state index in [1.165, 1.54) is 19.3 Å². The van der Waals surface area contributed by atoms with Gasteiger partial charge in [-0.1, -0.05) is 30.2 Å². The van der Waals surface area contributed by atoms with Crippen molar-refractivity contribution in [2.24, 2.45) is 0 Å². The van der Waals surface area contributed by atoms with Crippen molar-refractivity contribution >= 4 is 34.2 Å². The molecule has 1 fully saturated rings. The molecule has 1 aliphatic carbocycles. The third kappa shape index (κ3) is 3.83. The number of halogens is 1. The molecule has 5 rings (SSSR count).